The van der Waals surface area contributed by atoms with Crippen molar-refractivity contribution in [3.8, 4) is 0 Å². The maximum Gasteiger partial charge on any atom is 0.410 e. The molecule has 4 rings (SSSR count). The zero-order valence-electron chi connectivity index (χ0n) is 15.5. The van der Waals surface area contributed by atoms with E-state index in [4.69, 9.17) is 4.74 Å². The summed E-state index contributed by atoms with van der Waals surface area (Å²) in [4.78, 5) is 31.9. The predicted octanol–water partition coefficient (Wildman–Crippen LogP) is 3.70. The van der Waals surface area contributed by atoms with E-state index in [1.807, 2.05) is 54.5 Å². The number of Topliss-reactive ketones (excluding diaryl/α,β-unsaturated/α-hetero) is 1. The van der Waals surface area contributed by atoms with Gasteiger partial charge >= 0.3 is 6.09 Å². The van der Waals surface area contributed by atoms with Crippen molar-refractivity contribution < 1.29 is 14.3 Å². The van der Waals surface area contributed by atoms with Crippen LogP contribution in [0.1, 0.15) is 56.9 Å². The van der Waals surface area contributed by atoms with Gasteiger partial charge in [-0.1, -0.05) is 6.07 Å². The lowest BCUT2D eigenvalue weighted by atomic mass is 9.86. The zero-order valence-corrected chi connectivity index (χ0v) is 15.5. The van der Waals surface area contributed by atoms with E-state index < -0.39 is 5.60 Å². The molecular weight excluding hydrogens is 330 g/mol. The van der Waals surface area contributed by atoms with Crippen molar-refractivity contribution in [2.75, 3.05) is 0 Å². The summed E-state index contributed by atoms with van der Waals surface area (Å²) in [5, 5.41) is 0. The van der Waals surface area contributed by atoms with E-state index in [2.05, 4.69) is 4.98 Å². The Labute approximate surface area is 153 Å². The van der Waals surface area contributed by atoms with Gasteiger partial charge < -0.3 is 9.64 Å². The van der Waals surface area contributed by atoms with Gasteiger partial charge in [-0.2, -0.15) is 0 Å². The maximum absolute atomic E-state index is 13.2. The molecule has 2 unspecified atom stereocenters. The van der Waals surface area contributed by atoms with Crippen LogP contribution in [0.4, 0.5) is 4.79 Å². The number of hydrogen-bond acceptors (Lipinski definition) is 4. The van der Waals surface area contributed by atoms with Crippen molar-refractivity contribution in [2.45, 2.75) is 64.1 Å². The Bertz CT molecular complexity index is 837. The number of aromatic nitrogens is 2. The lowest BCUT2D eigenvalue weighted by molar-refractivity contribution is 0.00250. The Balaban J connectivity index is 1.53. The van der Waals surface area contributed by atoms with Gasteiger partial charge in [-0.3, -0.25) is 9.20 Å². The standard InChI is InChI=1S/C20H25N3O3/c1-20(2,3)26-19(25)23-14-7-8-15(23)12-13(11-14)18(24)16-5-4-6-17-21-9-10-22(16)17/h4-6,9-10,13-15H,7-8,11-12H2,1-3H3. The third-order valence-corrected chi connectivity index (χ3v) is 5.39. The van der Waals surface area contributed by atoms with Crippen LogP contribution < -0.4 is 0 Å². The molecule has 26 heavy (non-hydrogen) atoms. The minimum atomic E-state index is -0.500. The minimum absolute atomic E-state index is 0.0563. The average molecular weight is 355 g/mol. The first-order valence-electron chi connectivity index (χ1n) is 9.31. The van der Waals surface area contributed by atoms with Crippen molar-refractivity contribution >= 4 is 17.5 Å². The van der Waals surface area contributed by atoms with Crippen molar-refractivity contribution in [3.05, 3.63) is 36.3 Å². The number of pyridine rings is 1. The largest absolute Gasteiger partial charge is 0.444 e. The van der Waals surface area contributed by atoms with Gasteiger partial charge in [0, 0.05) is 30.4 Å². The zero-order chi connectivity index (χ0) is 18.5. The lowest BCUT2D eigenvalue weighted by Crippen LogP contribution is -2.49. The molecule has 0 radical (unpaired) electrons. The molecule has 0 saturated carbocycles. The summed E-state index contributed by atoms with van der Waals surface area (Å²) in [5.41, 5.74) is 0.959. The fraction of sp³-hybridized carbons (Fsp3) is 0.550. The highest BCUT2D eigenvalue weighted by Crippen LogP contribution is 2.40. The van der Waals surface area contributed by atoms with Crippen LogP contribution in [0, 0.1) is 5.92 Å². The molecule has 6 nitrogen and oxygen atoms in total. The molecule has 2 saturated heterocycles. The molecule has 2 fully saturated rings. The van der Waals surface area contributed by atoms with E-state index in [-0.39, 0.29) is 29.9 Å². The molecule has 6 heteroatoms. The molecule has 2 aromatic heterocycles. The molecular formula is C20H25N3O3. The van der Waals surface area contributed by atoms with E-state index in [9.17, 15) is 9.59 Å². The molecule has 2 aliphatic rings. The van der Waals surface area contributed by atoms with Gasteiger partial charge in [0.25, 0.3) is 0 Å². The molecule has 0 N–H and O–H groups in total. The number of fused-ring (bicyclic) bond motifs is 3. The highest BCUT2D eigenvalue weighted by atomic mass is 16.6. The van der Waals surface area contributed by atoms with E-state index in [1.54, 1.807) is 6.20 Å². The van der Waals surface area contributed by atoms with Crippen LogP contribution in [-0.2, 0) is 4.74 Å². The van der Waals surface area contributed by atoms with Crippen molar-refractivity contribution in [1.82, 2.24) is 14.3 Å². The average Bonchev–Trinajstić information content (AvgIpc) is 3.14. The van der Waals surface area contributed by atoms with Crippen molar-refractivity contribution in [3.63, 3.8) is 0 Å². The quantitative estimate of drug-likeness (QED) is 0.771. The summed E-state index contributed by atoms with van der Waals surface area (Å²) in [6.45, 7) is 5.65. The van der Waals surface area contributed by atoms with Crippen LogP contribution in [-0.4, -0.2) is 43.8 Å². The first-order valence-corrected chi connectivity index (χ1v) is 9.31. The van der Waals surface area contributed by atoms with Crippen LogP contribution in [0.3, 0.4) is 0 Å². The second kappa shape index (κ2) is 6.11. The number of nitrogens with zero attached hydrogens (tertiary/aromatic N) is 3. The minimum Gasteiger partial charge on any atom is -0.444 e. The summed E-state index contributed by atoms with van der Waals surface area (Å²) >= 11 is 0. The SMILES string of the molecule is CC(C)(C)OC(=O)N1C2CCC1CC(C(=O)c1cccc3nccn13)C2. The highest BCUT2D eigenvalue weighted by molar-refractivity contribution is 5.97. The number of carbonyl (C=O) groups is 2. The van der Waals surface area contributed by atoms with E-state index in [0.29, 0.717) is 18.5 Å². The van der Waals surface area contributed by atoms with Gasteiger partial charge in [0.2, 0.25) is 0 Å². The topological polar surface area (TPSA) is 63.9 Å². The van der Waals surface area contributed by atoms with Crippen molar-refractivity contribution in [2.24, 2.45) is 5.92 Å². The lowest BCUT2D eigenvalue weighted by Gasteiger charge is -2.39. The fourth-order valence-electron chi connectivity index (χ4n) is 4.36. The Morgan fingerprint density at radius 3 is 2.50 bits per heavy atom. The van der Waals surface area contributed by atoms with Gasteiger partial charge in [0.05, 0.1) is 5.69 Å². The molecule has 4 heterocycles. The van der Waals surface area contributed by atoms with Crippen molar-refractivity contribution in [1.29, 1.82) is 0 Å². The molecule has 0 aromatic carbocycles. The van der Waals surface area contributed by atoms with Gasteiger partial charge in [0.1, 0.15) is 11.2 Å². The molecule has 2 atom stereocenters. The molecule has 138 valence electrons. The van der Waals surface area contributed by atoms with Gasteiger partial charge in [0.15, 0.2) is 5.78 Å². The van der Waals surface area contributed by atoms with E-state index in [1.165, 1.54) is 0 Å². The fourth-order valence-corrected chi connectivity index (χ4v) is 4.36. The van der Waals surface area contributed by atoms with Gasteiger partial charge in [-0.25, -0.2) is 9.78 Å². The van der Waals surface area contributed by atoms with Crippen LogP contribution in [0.2, 0.25) is 0 Å². The molecule has 0 spiro atoms. The summed E-state index contributed by atoms with van der Waals surface area (Å²) in [7, 11) is 0. The Morgan fingerprint density at radius 1 is 1.15 bits per heavy atom. The highest BCUT2D eigenvalue weighted by Gasteiger charge is 2.46. The number of rotatable bonds is 2. The molecule has 0 aliphatic carbocycles. The summed E-state index contributed by atoms with van der Waals surface area (Å²) in [5.74, 6) is 0.0912. The second-order valence-corrected chi connectivity index (χ2v) is 8.37. The van der Waals surface area contributed by atoms with Crippen LogP contribution in [0.25, 0.3) is 5.65 Å². The number of ether oxygens (including phenoxy) is 1. The van der Waals surface area contributed by atoms with Crippen LogP contribution >= 0.6 is 0 Å². The Kier molecular flexibility index (Phi) is 4.01. The number of imidazole rings is 1. The number of piperidine rings is 1. The predicted molar refractivity (Wildman–Crippen MR) is 97.1 cm³/mol. The first-order chi connectivity index (χ1) is 12.3. The van der Waals surface area contributed by atoms with Crippen LogP contribution in [0.5, 0.6) is 0 Å². The maximum atomic E-state index is 13.2. The van der Waals surface area contributed by atoms with E-state index in [0.717, 1.165) is 18.5 Å². The Hall–Kier alpha value is -2.37. The van der Waals surface area contributed by atoms with Gasteiger partial charge in [-0.15, -0.1) is 0 Å². The summed E-state index contributed by atoms with van der Waals surface area (Å²) < 4.78 is 7.43. The third-order valence-electron chi connectivity index (χ3n) is 5.39. The monoisotopic (exact) mass is 355 g/mol. The summed E-state index contributed by atoms with van der Waals surface area (Å²) in [6.07, 6.45) is 6.60. The van der Waals surface area contributed by atoms with Gasteiger partial charge in [-0.05, 0) is 58.6 Å². The first kappa shape index (κ1) is 17.1. The number of hydrogen-bond donors (Lipinski definition) is 0. The molecule has 2 aromatic rings. The summed E-state index contributed by atoms with van der Waals surface area (Å²) in [6, 6.07) is 5.82. The van der Waals surface area contributed by atoms with Crippen LogP contribution in [0.15, 0.2) is 30.6 Å². The molecule has 2 bridgehead atoms. The van der Waals surface area contributed by atoms with E-state index >= 15 is 0 Å². The Morgan fingerprint density at radius 2 is 1.85 bits per heavy atom. The second-order valence-electron chi connectivity index (χ2n) is 8.37. The third kappa shape index (κ3) is 2.97. The smallest absolute Gasteiger partial charge is 0.410 e. The normalized spacial score (nSPS) is 25.5. The number of carbonyl (C=O) groups excluding carboxylic acids is 2. The number of amides is 1. The number of ketones is 1. The molecule has 1 amide bonds. The molecule has 2 aliphatic heterocycles.